The van der Waals surface area contributed by atoms with Gasteiger partial charge >= 0.3 is 0 Å². The molecule has 0 amide bonds. The van der Waals surface area contributed by atoms with Gasteiger partial charge in [0.15, 0.2) is 17.5 Å². The third-order valence-electron chi connectivity index (χ3n) is 4.28. The average molecular weight is 352 g/mol. The Bertz CT molecular complexity index is 425. The average Bonchev–Trinajstić information content (AvgIpc) is 2.77. The van der Waals surface area contributed by atoms with Gasteiger partial charge in [-0.1, -0.05) is 22.6 Å². The number of alkyl halides is 1. The monoisotopic (exact) mass is 352 g/mol. The Morgan fingerprint density at radius 3 is 2.06 bits per heavy atom. The molecular weight excluding hydrogens is 340 g/mol. The number of halogens is 4. The molecule has 92 valence electrons. The van der Waals surface area contributed by atoms with Gasteiger partial charge in [0.05, 0.1) is 0 Å². The minimum absolute atomic E-state index is 0.216. The molecule has 2 aliphatic carbocycles. The van der Waals surface area contributed by atoms with Crippen molar-refractivity contribution in [3.63, 3.8) is 0 Å². The highest BCUT2D eigenvalue weighted by molar-refractivity contribution is 14.1. The van der Waals surface area contributed by atoms with Crippen molar-refractivity contribution < 1.29 is 13.2 Å². The van der Waals surface area contributed by atoms with E-state index >= 15 is 0 Å². The van der Waals surface area contributed by atoms with E-state index in [0.717, 1.165) is 42.7 Å². The van der Waals surface area contributed by atoms with Gasteiger partial charge in [-0.3, -0.25) is 0 Å². The Hall–Kier alpha value is -0.260. The lowest BCUT2D eigenvalue weighted by molar-refractivity contribution is 0.441. The van der Waals surface area contributed by atoms with E-state index in [-0.39, 0.29) is 5.92 Å². The van der Waals surface area contributed by atoms with Gasteiger partial charge in [-0.05, 0) is 54.2 Å². The molecule has 2 fully saturated rings. The maximum Gasteiger partial charge on any atom is 0.194 e. The summed E-state index contributed by atoms with van der Waals surface area (Å²) in [6, 6.07) is 2.32. The van der Waals surface area contributed by atoms with Crippen LogP contribution in [0.15, 0.2) is 12.1 Å². The normalized spacial score (nSPS) is 34.8. The zero-order valence-corrected chi connectivity index (χ0v) is 11.3. The standard InChI is InChI=1S/C13H12F3I/c14-11-3-7(4-12(15)13(11)16)6-1-8-9(2-6)10(8)5-17/h3-4,6,8-10H,1-2,5H2. The van der Waals surface area contributed by atoms with Crippen LogP contribution in [0.25, 0.3) is 0 Å². The number of benzene rings is 1. The zero-order chi connectivity index (χ0) is 12.2. The van der Waals surface area contributed by atoms with E-state index < -0.39 is 17.5 Å². The molecule has 0 spiro atoms. The van der Waals surface area contributed by atoms with E-state index in [2.05, 4.69) is 22.6 Å². The Morgan fingerprint density at radius 2 is 1.59 bits per heavy atom. The van der Waals surface area contributed by atoms with Crippen molar-refractivity contribution in [1.29, 1.82) is 0 Å². The molecule has 2 saturated carbocycles. The summed E-state index contributed by atoms with van der Waals surface area (Å²) in [6.45, 7) is 0. The van der Waals surface area contributed by atoms with Gasteiger partial charge in [0, 0.05) is 4.43 Å². The summed E-state index contributed by atoms with van der Waals surface area (Å²) in [5.74, 6) is -1.00. The number of fused-ring (bicyclic) bond motifs is 1. The van der Waals surface area contributed by atoms with Gasteiger partial charge in [-0.25, -0.2) is 13.2 Å². The molecule has 1 aromatic carbocycles. The lowest BCUT2D eigenvalue weighted by Gasteiger charge is -2.14. The molecule has 0 nitrogen and oxygen atoms in total. The van der Waals surface area contributed by atoms with Crippen LogP contribution in [-0.2, 0) is 0 Å². The summed E-state index contributed by atoms with van der Waals surface area (Å²) in [5, 5.41) is 0. The van der Waals surface area contributed by atoms with Gasteiger partial charge in [-0.2, -0.15) is 0 Å². The smallest absolute Gasteiger partial charge is 0.194 e. The van der Waals surface area contributed by atoms with Crippen LogP contribution in [0, 0.1) is 35.2 Å². The molecule has 2 atom stereocenters. The van der Waals surface area contributed by atoms with Crippen molar-refractivity contribution in [3.8, 4) is 0 Å². The molecule has 0 bridgehead atoms. The molecule has 0 saturated heterocycles. The van der Waals surface area contributed by atoms with Gasteiger partial charge in [0.25, 0.3) is 0 Å². The number of hydrogen-bond donors (Lipinski definition) is 0. The summed E-state index contributed by atoms with van der Waals surface area (Å²) in [4.78, 5) is 0. The highest BCUT2D eigenvalue weighted by atomic mass is 127. The summed E-state index contributed by atoms with van der Waals surface area (Å²) in [7, 11) is 0. The summed E-state index contributed by atoms with van der Waals surface area (Å²) >= 11 is 2.39. The predicted molar refractivity (Wildman–Crippen MR) is 67.6 cm³/mol. The Balaban J connectivity index is 1.79. The molecule has 0 aromatic heterocycles. The van der Waals surface area contributed by atoms with Crippen molar-refractivity contribution in [2.75, 3.05) is 4.43 Å². The van der Waals surface area contributed by atoms with E-state index in [1.54, 1.807) is 0 Å². The first-order chi connectivity index (χ1) is 8.11. The van der Waals surface area contributed by atoms with Gasteiger partial charge in [-0.15, -0.1) is 0 Å². The molecule has 17 heavy (non-hydrogen) atoms. The molecule has 0 aliphatic heterocycles. The molecule has 2 unspecified atom stereocenters. The van der Waals surface area contributed by atoms with Crippen LogP contribution in [0.1, 0.15) is 24.3 Å². The molecule has 2 aliphatic rings. The molecule has 0 radical (unpaired) electrons. The van der Waals surface area contributed by atoms with Crippen molar-refractivity contribution in [2.45, 2.75) is 18.8 Å². The fourth-order valence-corrected chi connectivity index (χ4v) is 4.60. The fourth-order valence-electron chi connectivity index (χ4n) is 3.29. The van der Waals surface area contributed by atoms with Crippen molar-refractivity contribution >= 4 is 22.6 Å². The Morgan fingerprint density at radius 1 is 1.06 bits per heavy atom. The summed E-state index contributed by atoms with van der Waals surface area (Å²) < 4.78 is 40.3. The van der Waals surface area contributed by atoms with Crippen molar-refractivity contribution in [3.05, 3.63) is 35.1 Å². The maximum absolute atomic E-state index is 13.1. The highest BCUT2D eigenvalue weighted by Crippen LogP contribution is 2.62. The molecule has 0 N–H and O–H groups in total. The van der Waals surface area contributed by atoms with E-state index in [0.29, 0.717) is 5.56 Å². The van der Waals surface area contributed by atoms with Crippen LogP contribution in [-0.4, -0.2) is 4.43 Å². The summed E-state index contributed by atoms with van der Waals surface area (Å²) in [6.07, 6.45) is 2.01. The minimum Gasteiger partial charge on any atom is -0.204 e. The van der Waals surface area contributed by atoms with Crippen molar-refractivity contribution in [2.24, 2.45) is 17.8 Å². The lowest BCUT2D eigenvalue weighted by Crippen LogP contribution is -2.03. The molecule has 4 heteroatoms. The second kappa shape index (κ2) is 4.14. The predicted octanol–water partition coefficient (Wildman–Crippen LogP) is 4.28. The van der Waals surface area contributed by atoms with E-state index in [1.165, 1.54) is 4.43 Å². The SMILES string of the molecule is Fc1cc(C2CC3C(CI)C3C2)cc(F)c1F. The lowest BCUT2D eigenvalue weighted by atomic mass is 9.92. The third kappa shape index (κ3) is 1.88. The zero-order valence-electron chi connectivity index (χ0n) is 9.10. The fraction of sp³-hybridized carbons (Fsp3) is 0.538. The van der Waals surface area contributed by atoms with Gasteiger partial charge < -0.3 is 0 Å². The largest absolute Gasteiger partial charge is 0.204 e. The minimum atomic E-state index is -1.36. The number of rotatable bonds is 2. The van der Waals surface area contributed by atoms with E-state index in [1.807, 2.05) is 0 Å². The Labute approximate surface area is 112 Å². The van der Waals surface area contributed by atoms with Crippen LogP contribution in [0.3, 0.4) is 0 Å². The van der Waals surface area contributed by atoms with E-state index in [9.17, 15) is 13.2 Å². The summed E-state index contributed by atoms with van der Waals surface area (Å²) in [5.41, 5.74) is 0.626. The molecule has 3 rings (SSSR count). The first-order valence-corrected chi connectivity index (χ1v) is 7.34. The van der Waals surface area contributed by atoms with Crippen LogP contribution in [0.5, 0.6) is 0 Å². The quantitative estimate of drug-likeness (QED) is 0.424. The first-order valence-electron chi connectivity index (χ1n) is 5.82. The Kier molecular flexibility index (Phi) is 2.88. The highest BCUT2D eigenvalue weighted by Gasteiger charge is 2.55. The number of hydrogen-bond acceptors (Lipinski definition) is 0. The van der Waals surface area contributed by atoms with E-state index in [4.69, 9.17) is 0 Å². The topological polar surface area (TPSA) is 0 Å². The molecule has 1 aromatic rings. The van der Waals surface area contributed by atoms with Crippen LogP contribution < -0.4 is 0 Å². The maximum atomic E-state index is 13.1. The molecule has 0 heterocycles. The van der Waals surface area contributed by atoms with Gasteiger partial charge in [0.1, 0.15) is 0 Å². The molecular formula is C13H12F3I. The van der Waals surface area contributed by atoms with Crippen LogP contribution in [0.2, 0.25) is 0 Å². The van der Waals surface area contributed by atoms with Crippen LogP contribution >= 0.6 is 22.6 Å². The second-order valence-electron chi connectivity index (χ2n) is 5.11. The van der Waals surface area contributed by atoms with Gasteiger partial charge in [0.2, 0.25) is 0 Å². The van der Waals surface area contributed by atoms with Crippen LogP contribution in [0.4, 0.5) is 13.2 Å². The second-order valence-corrected chi connectivity index (χ2v) is 5.99. The third-order valence-corrected chi connectivity index (χ3v) is 5.30. The van der Waals surface area contributed by atoms with Crippen molar-refractivity contribution in [1.82, 2.24) is 0 Å². The first kappa shape index (κ1) is 11.8.